The summed E-state index contributed by atoms with van der Waals surface area (Å²) >= 11 is 5.81. The van der Waals surface area contributed by atoms with Crippen LogP contribution in [0.2, 0.25) is 0 Å². The lowest BCUT2D eigenvalue weighted by molar-refractivity contribution is 0.374. The summed E-state index contributed by atoms with van der Waals surface area (Å²) in [6.07, 6.45) is 4.12. The molecule has 5 heteroatoms. The van der Waals surface area contributed by atoms with Crippen molar-refractivity contribution in [1.29, 1.82) is 0 Å². The zero-order valence-corrected chi connectivity index (χ0v) is 8.98. The molecule has 2 rings (SSSR count). The molecule has 15 heavy (non-hydrogen) atoms. The second-order valence-electron chi connectivity index (χ2n) is 3.20. The first-order valence-electron chi connectivity index (χ1n) is 4.61. The standard InChI is InChI=1S/C10H10ClN3O/c1-7(11)10-13-9(14-15-10)5-8-3-2-4-12-6-8/h2-4,6-7H,5H2,1H3. The van der Waals surface area contributed by atoms with Crippen molar-refractivity contribution in [2.75, 3.05) is 0 Å². The molecule has 4 nitrogen and oxygen atoms in total. The number of rotatable bonds is 3. The lowest BCUT2D eigenvalue weighted by atomic mass is 10.2. The number of aromatic nitrogens is 3. The van der Waals surface area contributed by atoms with Crippen LogP contribution in [-0.4, -0.2) is 15.1 Å². The fourth-order valence-electron chi connectivity index (χ4n) is 1.19. The Labute approximate surface area is 92.3 Å². The minimum Gasteiger partial charge on any atom is -0.338 e. The van der Waals surface area contributed by atoms with Gasteiger partial charge in [0.05, 0.1) is 0 Å². The topological polar surface area (TPSA) is 51.8 Å². The summed E-state index contributed by atoms with van der Waals surface area (Å²) in [6, 6.07) is 3.84. The van der Waals surface area contributed by atoms with Crippen LogP contribution in [0.3, 0.4) is 0 Å². The molecule has 0 radical (unpaired) electrons. The van der Waals surface area contributed by atoms with E-state index in [0.29, 0.717) is 18.1 Å². The molecule has 78 valence electrons. The Hall–Kier alpha value is -1.42. The van der Waals surface area contributed by atoms with Crippen LogP contribution in [0.4, 0.5) is 0 Å². The second kappa shape index (κ2) is 4.40. The van der Waals surface area contributed by atoms with Crippen LogP contribution in [0.1, 0.15) is 29.6 Å². The van der Waals surface area contributed by atoms with E-state index in [1.54, 1.807) is 19.3 Å². The molecule has 0 amide bonds. The van der Waals surface area contributed by atoms with Gasteiger partial charge in [0.25, 0.3) is 0 Å². The van der Waals surface area contributed by atoms with Gasteiger partial charge in [-0.1, -0.05) is 11.2 Å². The van der Waals surface area contributed by atoms with Crippen molar-refractivity contribution in [2.24, 2.45) is 0 Å². The van der Waals surface area contributed by atoms with E-state index in [-0.39, 0.29) is 5.38 Å². The third-order valence-corrected chi connectivity index (χ3v) is 2.10. The zero-order chi connectivity index (χ0) is 10.7. The molecule has 0 aliphatic heterocycles. The van der Waals surface area contributed by atoms with Gasteiger partial charge in [0.2, 0.25) is 5.89 Å². The van der Waals surface area contributed by atoms with Crippen LogP contribution in [0.15, 0.2) is 29.0 Å². The minimum absolute atomic E-state index is 0.250. The molecule has 0 fully saturated rings. The minimum atomic E-state index is -0.250. The maximum atomic E-state index is 5.81. The Balaban J connectivity index is 2.12. The Morgan fingerprint density at radius 1 is 1.53 bits per heavy atom. The van der Waals surface area contributed by atoms with Crippen LogP contribution >= 0.6 is 11.6 Å². The van der Waals surface area contributed by atoms with Crippen molar-refractivity contribution in [3.05, 3.63) is 41.8 Å². The Morgan fingerprint density at radius 2 is 2.40 bits per heavy atom. The van der Waals surface area contributed by atoms with Gasteiger partial charge in [-0.25, -0.2) is 0 Å². The molecule has 2 aromatic heterocycles. The molecule has 0 saturated carbocycles. The molecule has 0 saturated heterocycles. The zero-order valence-electron chi connectivity index (χ0n) is 8.22. The fourth-order valence-corrected chi connectivity index (χ4v) is 1.27. The van der Waals surface area contributed by atoms with Crippen LogP contribution in [0.5, 0.6) is 0 Å². The van der Waals surface area contributed by atoms with Crippen molar-refractivity contribution in [3.63, 3.8) is 0 Å². The predicted molar refractivity (Wildman–Crippen MR) is 55.6 cm³/mol. The third-order valence-electron chi connectivity index (χ3n) is 1.91. The molecule has 1 unspecified atom stereocenters. The van der Waals surface area contributed by atoms with Gasteiger partial charge in [-0.05, 0) is 18.6 Å². The monoisotopic (exact) mass is 223 g/mol. The first-order chi connectivity index (χ1) is 7.25. The summed E-state index contributed by atoms with van der Waals surface area (Å²) in [4.78, 5) is 8.18. The molecule has 0 aliphatic carbocycles. The average Bonchev–Trinajstić information content (AvgIpc) is 2.68. The van der Waals surface area contributed by atoms with E-state index < -0.39 is 0 Å². The molecule has 1 atom stereocenters. The Kier molecular flexibility index (Phi) is 2.97. The first-order valence-corrected chi connectivity index (χ1v) is 5.05. The van der Waals surface area contributed by atoms with Gasteiger partial charge in [-0.2, -0.15) is 4.98 Å². The van der Waals surface area contributed by atoms with Crippen molar-refractivity contribution < 1.29 is 4.52 Å². The van der Waals surface area contributed by atoms with E-state index in [1.165, 1.54) is 0 Å². The van der Waals surface area contributed by atoms with Gasteiger partial charge >= 0.3 is 0 Å². The van der Waals surface area contributed by atoms with E-state index in [2.05, 4.69) is 15.1 Å². The Bertz CT molecular complexity index is 427. The lowest BCUT2D eigenvalue weighted by Crippen LogP contribution is -1.92. The van der Waals surface area contributed by atoms with Gasteiger partial charge in [0.1, 0.15) is 5.38 Å². The fraction of sp³-hybridized carbons (Fsp3) is 0.300. The van der Waals surface area contributed by atoms with Crippen molar-refractivity contribution in [3.8, 4) is 0 Å². The molecule has 2 heterocycles. The number of halogens is 1. The molecule has 0 spiro atoms. The van der Waals surface area contributed by atoms with Crippen LogP contribution < -0.4 is 0 Å². The van der Waals surface area contributed by atoms with E-state index >= 15 is 0 Å². The van der Waals surface area contributed by atoms with Crippen molar-refractivity contribution in [2.45, 2.75) is 18.7 Å². The number of hydrogen-bond acceptors (Lipinski definition) is 4. The molecule has 2 aromatic rings. The summed E-state index contributed by atoms with van der Waals surface area (Å²) in [7, 11) is 0. The predicted octanol–water partition coefficient (Wildman–Crippen LogP) is 2.36. The highest BCUT2D eigenvalue weighted by atomic mass is 35.5. The molecule has 0 N–H and O–H groups in total. The lowest BCUT2D eigenvalue weighted by Gasteiger charge is -1.93. The molecular weight excluding hydrogens is 214 g/mol. The second-order valence-corrected chi connectivity index (χ2v) is 3.86. The summed E-state index contributed by atoms with van der Waals surface area (Å²) < 4.78 is 4.98. The Morgan fingerprint density at radius 3 is 3.00 bits per heavy atom. The molecule has 0 aliphatic rings. The van der Waals surface area contributed by atoms with Crippen molar-refractivity contribution >= 4 is 11.6 Å². The number of alkyl halides is 1. The van der Waals surface area contributed by atoms with Crippen LogP contribution in [0.25, 0.3) is 0 Å². The molecular formula is C10H10ClN3O. The van der Waals surface area contributed by atoms with Gasteiger partial charge < -0.3 is 4.52 Å². The van der Waals surface area contributed by atoms with Gasteiger partial charge in [-0.15, -0.1) is 11.6 Å². The summed E-state index contributed by atoms with van der Waals surface area (Å²) in [5.74, 6) is 1.08. The smallest absolute Gasteiger partial charge is 0.244 e. The van der Waals surface area contributed by atoms with Gasteiger partial charge in [0, 0.05) is 18.8 Å². The third kappa shape index (κ3) is 2.53. The molecule has 0 aromatic carbocycles. The highest BCUT2D eigenvalue weighted by Crippen LogP contribution is 2.17. The summed E-state index contributed by atoms with van der Waals surface area (Å²) in [6.45, 7) is 1.79. The van der Waals surface area contributed by atoms with E-state index in [4.69, 9.17) is 16.1 Å². The normalized spacial score (nSPS) is 12.7. The first kappa shape index (κ1) is 10.1. The number of nitrogens with zero attached hydrogens (tertiary/aromatic N) is 3. The van der Waals surface area contributed by atoms with Gasteiger partial charge in [-0.3, -0.25) is 4.98 Å². The maximum Gasteiger partial charge on any atom is 0.244 e. The van der Waals surface area contributed by atoms with Crippen molar-refractivity contribution in [1.82, 2.24) is 15.1 Å². The maximum absolute atomic E-state index is 5.81. The number of pyridine rings is 1. The highest BCUT2D eigenvalue weighted by molar-refractivity contribution is 6.20. The van der Waals surface area contributed by atoms with E-state index in [9.17, 15) is 0 Å². The SMILES string of the molecule is CC(Cl)c1nc(Cc2cccnc2)no1. The van der Waals surface area contributed by atoms with Crippen LogP contribution in [-0.2, 0) is 6.42 Å². The highest BCUT2D eigenvalue weighted by Gasteiger charge is 2.11. The van der Waals surface area contributed by atoms with E-state index in [1.807, 2.05) is 12.1 Å². The summed E-state index contributed by atoms with van der Waals surface area (Å²) in [5, 5.41) is 3.58. The van der Waals surface area contributed by atoms with Crippen LogP contribution in [0, 0.1) is 0 Å². The number of hydrogen-bond donors (Lipinski definition) is 0. The molecule has 0 bridgehead atoms. The quantitative estimate of drug-likeness (QED) is 0.750. The summed E-state index contributed by atoms with van der Waals surface area (Å²) in [5.41, 5.74) is 1.05. The van der Waals surface area contributed by atoms with E-state index in [0.717, 1.165) is 5.56 Å². The average molecular weight is 224 g/mol. The largest absolute Gasteiger partial charge is 0.338 e. The van der Waals surface area contributed by atoms with Gasteiger partial charge in [0.15, 0.2) is 5.82 Å².